The Morgan fingerprint density at radius 3 is 1.98 bits per heavy atom. The number of morpholine rings is 1. The van der Waals surface area contributed by atoms with Crippen molar-refractivity contribution in [1.29, 1.82) is 0 Å². The average Bonchev–Trinajstić information content (AvgIpc) is 2.87. The highest BCUT2D eigenvalue weighted by Crippen LogP contribution is 2.39. The van der Waals surface area contributed by atoms with Gasteiger partial charge in [-0.05, 0) is 76.1 Å². The topological polar surface area (TPSA) is 24.9 Å². The summed E-state index contributed by atoms with van der Waals surface area (Å²) in [5, 5.41) is 0. The van der Waals surface area contributed by atoms with Crippen molar-refractivity contribution in [2.24, 2.45) is 0 Å². The van der Waals surface area contributed by atoms with Gasteiger partial charge < -0.3 is 9.47 Å². The van der Waals surface area contributed by atoms with E-state index in [1.165, 1.54) is 19.1 Å². The fourth-order valence-electron chi connectivity index (χ4n) is 4.77. The normalized spacial score (nSPS) is 19.5. The molecule has 0 radical (unpaired) electrons. The highest BCUT2D eigenvalue weighted by atomic mass is 19.4. The summed E-state index contributed by atoms with van der Waals surface area (Å²) in [6, 6.07) is 6.94. The summed E-state index contributed by atoms with van der Waals surface area (Å²) in [5.41, 5.74) is -2.54. The van der Waals surface area contributed by atoms with E-state index in [0.717, 1.165) is 0 Å². The maximum absolute atomic E-state index is 13.7. The third kappa shape index (κ3) is 8.92. The Bertz CT molecular complexity index is 1160. The monoisotopic (exact) mass is 588 g/mol. The van der Waals surface area contributed by atoms with Crippen LogP contribution in [0.5, 0.6) is 0 Å². The van der Waals surface area contributed by atoms with Gasteiger partial charge in [0.05, 0.1) is 43.0 Å². The van der Waals surface area contributed by atoms with Gasteiger partial charge in [-0.1, -0.05) is 24.0 Å². The lowest BCUT2D eigenvalue weighted by atomic mass is 10.0. The van der Waals surface area contributed by atoms with E-state index >= 15 is 0 Å². The molecule has 3 atom stereocenters. The second-order valence-electron chi connectivity index (χ2n) is 10.5. The van der Waals surface area contributed by atoms with E-state index in [0.29, 0.717) is 49.4 Å². The Morgan fingerprint density at radius 1 is 0.902 bits per heavy atom. The molecule has 0 spiro atoms. The number of hydrogen-bond acceptors (Lipinski definition) is 4. The van der Waals surface area contributed by atoms with Gasteiger partial charge in [-0.15, -0.1) is 0 Å². The second kappa shape index (κ2) is 13.6. The number of nitrogens with zero attached hydrogens (tertiary/aromatic N) is 2. The van der Waals surface area contributed by atoms with E-state index in [4.69, 9.17) is 9.47 Å². The molecule has 226 valence electrons. The minimum Gasteiger partial charge on any atom is -0.349 e. The van der Waals surface area contributed by atoms with Crippen LogP contribution in [0.4, 0.5) is 30.7 Å². The van der Waals surface area contributed by atoms with Crippen LogP contribution in [0.15, 0.2) is 42.5 Å². The first-order valence-corrected chi connectivity index (χ1v) is 13.3. The van der Waals surface area contributed by atoms with Crippen molar-refractivity contribution in [2.45, 2.75) is 77.5 Å². The zero-order valence-corrected chi connectivity index (χ0v) is 23.6. The summed E-state index contributed by atoms with van der Waals surface area (Å²) < 4.78 is 106. The first-order chi connectivity index (χ1) is 19.1. The summed E-state index contributed by atoms with van der Waals surface area (Å²) in [5.74, 6) is 5.87. The molecular formula is C30H35F7N2O2. The molecule has 41 heavy (non-hydrogen) atoms. The van der Waals surface area contributed by atoms with Crippen LogP contribution in [0.3, 0.4) is 0 Å². The molecule has 1 fully saturated rings. The summed E-state index contributed by atoms with van der Waals surface area (Å²) in [6.07, 6.45) is -12.2. The molecule has 2 aromatic carbocycles. The van der Waals surface area contributed by atoms with Crippen molar-refractivity contribution >= 4 is 0 Å². The number of halogens is 7. The van der Waals surface area contributed by atoms with E-state index in [1.807, 2.05) is 4.90 Å². The van der Waals surface area contributed by atoms with Crippen LogP contribution in [0.25, 0.3) is 0 Å². The second-order valence-corrected chi connectivity index (χ2v) is 10.5. The first kappa shape index (κ1) is 32.9. The molecule has 1 aliphatic heterocycles. The highest BCUT2D eigenvalue weighted by Gasteiger charge is 2.39. The molecule has 0 bridgehead atoms. The molecule has 1 aliphatic rings. The average molecular weight is 589 g/mol. The third-order valence-electron chi connectivity index (χ3n) is 6.94. The molecule has 0 aliphatic carbocycles. The molecule has 3 rings (SSSR count). The molecule has 11 heteroatoms. The number of alkyl halides is 6. The summed E-state index contributed by atoms with van der Waals surface area (Å²) in [6.45, 7) is 11.2. The maximum atomic E-state index is 13.7. The number of rotatable bonds is 8. The number of hydrogen-bond donors (Lipinski definition) is 0. The van der Waals surface area contributed by atoms with Crippen LogP contribution in [-0.4, -0.2) is 54.4 Å². The van der Waals surface area contributed by atoms with Crippen molar-refractivity contribution in [1.82, 2.24) is 9.80 Å². The van der Waals surface area contributed by atoms with Gasteiger partial charge >= 0.3 is 12.4 Å². The van der Waals surface area contributed by atoms with Gasteiger partial charge in [-0.25, -0.2) is 4.39 Å². The number of ether oxygens (including phenoxy) is 2. The lowest BCUT2D eigenvalue weighted by molar-refractivity contribution is -0.228. The SMILES string of the molecule is CC(C)N(CC#CCN1CCO[C@H](O[C@H](C)c2cc(C(F)(F)F)cc(C(F)(F)F)c2)[C@@H]1c1ccc(F)cc1)C(C)C. The predicted octanol–water partition coefficient (Wildman–Crippen LogP) is 7.46. The zero-order chi connectivity index (χ0) is 30.5. The highest BCUT2D eigenvalue weighted by molar-refractivity contribution is 5.35. The molecule has 0 saturated carbocycles. The molecule has 0 N–H and O–H groups in total. The standard InChI is InChI=1S/C30H35F7N2O2/c1-19(2)39(20(3)4)13-7-6-12-38-14-15-40-28(27(38)22-8-10-26(31)11-9-22)41-21(5)23-16-24(29(32,33)34)18-25(17-23)30(35,36)37/h8-11,16-21,27-28H,12-15H2,1-5H3/t21-,27+,28-/m1/s1. The Labute approximate surface area is 236 Å². The smallest absolute Gasteiger partial charge is 0.349 e. The van der Waals surface area contributed by atoms with Crippen LogP contribution < -0.4 is 0 Å². The zero-order valence-electron chi connectivity index (χ0n) is 23.6. The fourth-order valence-corrected chi connectivity index (χ4v) is 4.77. The fraction of sp³-hybridized carbons (Fsp3) is 0.533. The van der Waals surface area contributed by atoms with Gasteiger partial charge in [-0.3, -0.25) is 9.80 Å². The van der Waals surface area contributed by atoms with Crippen LogP contribution >= 0.6 is 0 Å². The van der Waals surface area contributed by atoms with Crippen LogP contribution in [0, 0.1) is 17.7 Å². The van der Waals surface area contributed by atoms with Crippen molar-refractivity contribution in [3.8, 4) is 11.8 Å². The van der Waals surface area contributed by atoms with Gasteiger partial charge in [0.15, 0.2) is 6.29 Å². The van der Waals surface area contributed by atoms with Crippen molar-refractivity contribution in [3.63, 3.8) is 0 Å². The molecule has 0 unspecified atom stereocenters. The number of benzene rings is 2. The Balaban J connectivity index is 1.89. The van der Waals surface area contributed by atoms with E-state index in [9.17, 15) is 30.7 Å². The van der Waals surface area contributed by atoms with E-state index in [-0.39, 0.29) is 18.2 Å². The largest absolute Gasteiger partial charge is 0.416 e. The summed E-state index contributed by atoms with van der Waals surface area (Å²) >= 11 is 0. The van der Waals surface area contributed by atoms with Gasteiger partial charge in [0, 0.05) is 18.6 Å². The Morgan fingerprint density at radius 2 is 1.46 bits per heavy atom. The third-order valence-corrected chi connectivity index (χ3v) is 6.94. The van der Waals surface area contributed by atoms with Crippen LogP contribution in [0.1, 0.15) is 69.0 Å². The first-order valence-electron chi connectivity index (χ1n) is 13.3. The van der Waals surface area contributed by atoms with Gasteiger partial charge in [0.2, 0.25) is 0 Å². The molecule has 2 aromatic rings. The minimum atomic E-state index is -4.98. The van der Waals surface area contributed by atoms with Gasteiger partial charge in [0.1, 0.15) is 5.82 Å². The maximum Gasteiger partial charge on any atom is 0.416 e. The summed E-state index contributed by atoms with van der Waals surface area (Å²) in [7, 11) is 0. The van der Waals surface area contributed by atoms with Crippen molar-refractivity contribution in [2.75, 3.05) is 26.2 Å². The van der Waals surface area contributed by atoms with Gasteiger partial charge in [-0.2, -0.15) is 26.3 Å². The van der Waals surface area contributed by atoms with Crippen LogP contribution in [0.2, 0.25) is 0 Å². The molecule has 1 saturated heterocycles. The van der Waals surface area contributed by atoms with E-state index in [2.05, 4.69) is 44.4 Å². The van der Waals surface area contributed by atoms with Gasteiger partial charge in [0.25, 0.3) is 0 Å². The summed E-state index contributed by atoms with van der Waals surface area (Å²) in [4.78, 5) is 4.17. The molecule has 0 aromatic heterocycles. The lowest BCUT2D eigenvalue weighted by Crippen LogP contribution is -2.47. The minimum absolute atomic E-state index is 0.0781. The Hall–Kier alpha value is -2.65. The van der Waals surface area contributed by atoms with Crippen molar-refractivity contribution < 1.29 is 40.2 Å². The van der Waals surface area contributed by atoms with E-state index in [1.54, 1.807) is 12.1 Å². The quantitative estimate of drug-likeness (QED) is 0.236. The molecule has 0 amide bonds. The molecule has 4 nitrogen and oxygen atoms in total. The molecular weight excluding hydrogens is 553 g/mol. The van der Waals surface area contributed by atoms with Crippen LogP contribution in [-0.2, 0) is 21.8 Å². The molecule has 1 heterocycles. The Kier molecular flexibility index (Phi) is 10.9. The van der Waals surface area contributed by atoms with E-state index < -0.39 is 47.7 Å². The van der Waals surface area contributed by atoms with Crippen molar-refractivity contribution in [3.05, 3.63) is 70.5 Å². The predicted molar refractivity (Wildman–Crippen MR) is 141 cm³/mol. The lowest BCUT2D eigenvalue weighted by Gasteiger charge is -2.41.